The highest BCUT2D eigenvalue weighted by Crippen LogP contribution is 2.30. The van der Waals surface area contributed by atoms with E-state index in [1.54, 1.807) is 30.3 Å². The second-order valence-corrected chi connectivity index (χ2v) is 7.92. The SMILES string of the molecule is COc1ccc(S(=O)(=O)Nc2ccccc2-n2ncc(C#N)c2N)cc1Br. The topological polar surface area (TPSA) is 123 Å². The maximum Gasteiger partial charge on any atom is 0.262 e. The standard InChI is InChI=1S/C17H14BrN5O3S/c1-26-16-7-6-12(8-13(16)18)27(24,25)22-14-4-2-3-5-15(14)23-17(20)11(9-19)10-21-23/h2-8,10,22H,20H2,1H3. The van der Waals surface area contributed by atoms with Gasteiger partial charge in [0, 0.05) is 0 Å². The third kappa shape index (κ3) is 3.60. The number of hydrogen-bond donors (Lipinski definition) is 2. The van der Waals surface area contributed by atoms with Crippen molar-refractivity contribution in [2.45, 2.75) is 4.90 Å². The minimum Gasteiger partial charge on any atom is -0.496 e. The first-order chi connectivity index (χ1) is 12.9. The average molecular weight is 448 g/mol. The van der Waals surface area contributed by atoms with Gasteiger partial charge in [-0.15, -0.1) is 0 Å². The van der Waals surface area contributed by atoms with Crippen molar-refractivity contribution < 1.29 is 13.2 Å². The quantitative estimate of drug-likeness (QED) is 0.619. The molecule has 0 atom stereocenters. The number of rotatable bonds is 5. The Morgan fingerprint density at radius 1 is 1.30 bits per heavy atom. The van der Waals surface area contributed by atoms with E-state index in [9.17, 15) is 8.42 Å². The Bertz CT molecular complexity index is 1150. The summed E-state index contributed by atoms with van der Waals surface area (Å²) in [5.74, 6) is 0.638. The van der Waals surface area contributed by atoms with Gasteiger partial charge in [-0.3, -0.25) is 4.72 Å². The lowest BCUT2D eigenvalue weighted by Crippen LogP contribution is -2.15. The highest BCUT2D eigenvalue weighted by Gasteiger charge is 2.19. The molecule has 3 N–H and O–H groups in total. The molecule has 0 aliphatic rings. The lowest BCUT2D eigenvalue weighted by molar-refractivity contribution is 0.411. The number of hydrogen-bond acceptors (Lipinski definition) is 6. The molecule has 0 saturated heterocycles. The van der Waals surface area contributed by atoms with Crippen LogP contribution in [0.25, 0.3) is 5.69 Å². The Morgan fingerprint density at radius 3 is 2.67 bits per heavy atom. The summed E-state index contributed by atoms with van der Waals surface area (Å²) >= 11 is 3.28. The Kier molecular flexibility index (Phi) is 5.07. The van der Waals surface area contributed by atoms with Gasteiger partial charge >= 0.3 is 0 Å². The lowest BCUT2D eigenvalue weighted by Gasteiger charge is -2.14. The van der Waals surface area contributed by atoms with Gasteiger partial charge in [0.15, 0.2) is 0 Å². The van der Waals surface area contributed by atoms with Gasteiger partial charge < -0.3 is 10.5 Å². The van der Waals surface area contributed by atoms with E-state index in [0.717, 1.165) is 0 Å². The third-order valence-corrected chi connectivity index (χ3v) is 5.72. The number of nitrogens with two attached hydrogens (primary N) is 1. The monoisotopic (exact) mass is 447 g/mol. The van der Waals surface area contributed by atoms with Crippen LogP contribution in [0.15, 0.2) is 58.0 Å². The van der Waals surface area contributed by atoms with Crippen LogP contribution in [0, 0.1) is 11.3 Å². The van der Waals surface area contributed by atoms with Crippen LogP contribution in [0.4, 0.5) is 11.5 Å². The summed E-state index contributed by atoms with van der Waals surface area (Å²) in [4.78, 5) is 0.0520. The van der Waals surface area contributed by atoms with Crippen LogP contribution in [0.5, 0.6) is 5.75 Å². The molecule has 27 heavy (non-hydrogen) atoms. The molecule has 0 radical (unpaired) electrons. The van der Waals surface area contributed by atoms with E-state index in [4.69, 9.17) is 15.7 Å². The second kappa shape index (κ2) is 7.30. The van der Waals surface area contributed by atoms with Crippen LogP contribution >= 0.6 is 15.9 Å². The number of ether oxygens (including phenoxy) is 1. The molecule has 0 bridgehead atoms. The van der Waals surface area contributed by atoms with Crippen LogP contribution in [-0.4, -0.2) is 25.3 Å². The van der Waals surface area contributed by atoms with E-state index in [2.05, 4.69) is 25.8 Å². The van der Waals surface area contributed by atoms with Crippen LogP contribution in [0.3, 0.4) is 0 Å². The highest BCUT2D eigenvalue weighted by molar-refractivity contribution is 9.10. The zero-order valence-corrected chi connectivity index (χ0v) is 16.5. The Morgan fingerprint density at radius 2 is 2.04 bits per heavy atom. The van der Waals surface area contributed by atoms with E-state index in [1.165, 1.54) is 30.1 Å². The number of nitriles is 1. The summed E-state index contributed by atoms with van der Waals surface area (Å²) in [5, 5.41) is 13.1. The number of methoxy groups -OCH3 is 1. The number of sulfonamides is 1. The Labute approximate surface area is 164 Å². The van der Waals surface area contributed by atoms with E-state index in [-0.39, 0.29) is 22.0 Å². The molecule has 0 saturated carbocycles. The zero-order chi connectivity index (χ0) is 19.6. The van der Waals surface area contributed by atoms with Crippen molar-refractivity contribution in [3.05, 3.63) is 58.7 Å². The molecular weight excluding hydrogens is 434 g/mol. The average Bonchev–Trinajstić information content (AvgIpc) is 3.02. The van der Waals surface area contributed by atoms with Gasteiger partial charge in [-0.25, -0.2) is 13.1 Å². The number of nitrogen functional groups attached to an aromatic ring is 1. The summed E-state index contributed by atoms with van der Waals surface area (Å²) in [5.41, 5.74) is 6.79. The van der Waals surface area contributed by atoms with E-state index in [1.807, 2.05) is 6.07 Å². The summed E-state index contributed by atoms with van der Waals surface area (Å²) in [6.45, 7) is 0. The van der Waals surface area contributed by atoms with Crippen LogP contribution in [-0.2, 0) is 10.0 Å². The Hall–Kier alpha value is -3.03. The summed E-state index contributed by atoms with van der Waals surface area (Å²) in [6, 6.07) is 13.0. The molecule has 0 spiro atoms. The molecule has 3 aromatic rings. The highest BCUT2D eigenvalue weighted by atomic mass is 79.9. The minimum absolute atomic E-state index is 0.0520. The number of halogens is 1. The molecule has 0 amide bonds. The minimum atomic E-state index is -3.89. The normalized spacial score (nSPS) is 11.0. The number of para-hydroxylation sites is 2. The van der Waals surface area contributed by atoms with Crippen molar-refractivity contribution in [1.29, 1.82) is 5.26 Å². The first kappa shape index (κ1) is 18.8. The van der Waals surface area contributed by atoms with Crippen LogP contribution in [0.1, 0.15) is 5.56 Å². The van der Waals surface area contributed by atoms with Crippen molar-refractivity contribution in [3.8, 4) is 17.5 Å². The fraction of sp³-hybridized carbons (Fsp3) is 0.0588. The molecule has 1 aromatic heterocycles. The van der Waals surface area contributed by atoms with Gasteiger partial charge in [0.2, 0.25) is 0 Å². The largest absolute Gasteiger partial charge is 0.496 e. The van der Waals surface area contributed by atoms with Gasteiger partial charge in [0.05, 0.1) is 34.0 Å². The first-order valence-electron chi connectivity index (χ1n) is 7.56. The summed E-state index contributed by atoms with van der Waals surface area (Å²) in [7, 11) is -2.39. The number of benzene rings is 2. The summed E-state index contributed by atoms with van der Waals surface area (Å²) < 4.78 is 35.1. The molecule has 0 fully saturated rings. The summed E-state index contributed by atoms with van der Waals surface area (Å²) in [6.07, 6.45) is 1.32. The predicted octanol–water partition coefficient (Wildman–Crippen LogP) is 2.90. The molecule has 3 rings (SSSR count). The molecular formula is C17H14BrN5O3S. The van der Waals surface area contributed by atoms with E-state index in [0.29, 0.717) is 15.9 Å². The first-order valence-corrected chi connectivity index (χ1v) is 9.84. The fourth-order valence-electron chi connectivity index (χ4n) is 2.40. The molecule has 0 aliphatic carbocycles. The van der Waals surface area contributed by atoms with Crippen molar-refractivity contribution in [1.82, 2.24) is 9.78 Å². The van der Waals surface area contributed by atoms with E-state index < -0.39 is 10.0 Å². The lowest BCUT2D eigenvalue weighted by atomic mass is 10.2. The third-order valence-electron chi connectivity index (χ3n) is 3.74. The number of nitrogens with one attached hydrogen (secondary N) is 1. The second-order valence-electron chi connectivity index (χ2n) is 5.39. The molecule has 0 unspecified atom stereocenters. The van der Waals surface area contributed by atoms with Gasteiger partial charge in [-0.05, 0) is 46.3 Å². The van der Waals surface area contributed by atoms with Crippen molar-refractivity contribution in [2.75, 3.05) is 17.6 Å². The van der Waals surface area contributed by atoms with Gasteiger partial charge in [-0.2, -0.15) is 10.4 Å². The molecule has 1 heterocycles. The number of anilines is 2. The fourth-order valence-corrected chi connectivity index (χ4v) is 4.19. The smallest absolute Gasteiger partial charge is 0.262 e. The molecule has 8 nitrogen and oxygen atoms in total. The molecule has 0 aliphatic heterocycles. The predicted molar refractivity (Wildman–Crippen MR) is 104 cm³/mol. The molecule has 2 aromatic carbocycles. The molecule has 10 heteroatoms. The van der Waals surface area contributed by atoms with Gasteiger partial charge in [0.25, 0.3) is 10.0 Å². The Balaban J connectivity index is 2.02. The number of aromatic nitrogens is 2. The zero-order valence-electron chi connectivity index (χ0n) is 14.0. The van der Waals surface area contributed by atoms with E-state index >= 15 is 0 Å². The van der Waals surface area contributed by atoms with Crippen molar-refractivity contribution in [2.24, 2.45) is 0 Å². The molecule has 138 valence electrons. The van der Waals surface area contributed by atoms with Gasteiger partial charge in [-0.1, -0.05) is 12.1 Å². The maximum atomic E-state index is 12.8. The van der Waals surface area contributed by atoms with Crippen molar-refractivity contribution in [3.63, 3.8) is 0 Å². The van der Waals surface area contributed by atoms with Crippen molar-refractivity contribution >= 4 is 37.5 Å². The van der Waals surface area contributed by atoms with Crippen LogP contribution < -0.4 is 15.2 Å². The van der Waals surface area contributed by atoms with Gasteiger partial charge in [0.1, 0.15) is 23.2 Å². The maximum absolute atomic E-state index is 12.8. The number of nitrogens with zero attached hydrogens (tertiary/aromatic N) is 3. The van der Waals surface area contributed by atoms with Crippen LogP contribution in [0.2, 0.25) is 0 Å².